The molecule has 0 fully saturated rings. The molecule has 0 bridgehead atoms. The Balaban J connectivity index is 0.000000336. The van der Waals surface area contributed by atoms with E-state index in [9.17, 15) is 20.4 Å². The van der Waals surface area contributed by atoms with E-state index in [1.165, 1.54) is 12.1 Å². The number of nitrogens with one attached hydrogen (secondary N) is 2. The highest BCUT2D eigenvalue weighted by molar-refractivity contribution is 5.72. The van der Waals surface area contributed by atoms with Crippen LogP contribution in [0, 0.1) is 10.8 Å². The second-order valence-electron chi connectivity index (χ2n) is 7.42. The maximum atomic E-state index is 9.30. The van der Waals surface area contributed by atoms with Gasteiger partial charge in [0.2, 0.25) is 0 Å². The SMILES string of the molecule is C=N.C=N.Oc1ccc(C=Cc2cc(O)cc(O)c2)cc1.Oc1ccc(C=Cc2cc(O)cc(O)c2)cc1. The quantitative estimate of drug-likeness (QED) is 0.114. The summed E-state index contributed by atoms with van der Waals surface area (Å²) in [6.07, 6.45) is 7.19. The average molecular weight is 515 g/mol. The van der Waals surface area contributed by atoms with Gasteiger partial charge in [-0.3, -0.25) is 0 Å². The molecule has 0 radical (unpaired) electrons. The van der Waals surface area contributed by atoms with Gasteiger partial charge in [-0.1, -0.05) is 48.6 Å². The van der Waals surface area contributed by atoms with Crippen LogP contribution in [0.3, 0.4) is 0 Å². The molecular weight excluding hydrogens is 484 g/mol. The minimum absolute atomic E-state index is 0.0235. The van der Waals surface area contributed by atoms with E-state index >= 15 is 0 Å². The Hall–Kier alpha value is -5.50. The van der Waals surface area contributed by atoms with Gasteiger partial charge in [0, 0.05) is 12.1 Å². The highest BCUT2D eigenvalue weighted by Gasteiger charge is 1.97. The van der Waals surface area contributed by atoms with Gasteiger partial charge in [-0.2, -0.15) is 0 Å². The van der Waals surface area contributed by atoms with Gasteiger partial charge in [0.1, 0.15) is 34.5 Å². The van der Waals surface area contributed by atoms with Crippen LogP contribution in [-0.4, -0.2) is 44.1 Å². The van der Waals surface area contributed by atoms with Crippen LogP contribution in [-0.2, 0) is 0 Å². The Bertz CT molecular complexity index is 1190. The van der Waals surface area contributed by atoms with Crippen LogP contribution >= 0.6 is 0 Å². The van der Waals surface area contributed by atoms with Crippen LogP contribution in [0.4, 0.5) is 0 Å². The second-order valence-corrected chi connectivity index (χ2v) is 7.42. The maximum Gasteiger partial charge on any atom is 0.119 e. The molecule has 8 N–H and O–H groups in total. The van der Waals surface area contributed by atoms with Gasteiger partial charge in [-0.05, 0) is 84.2 Å². The minimum Gasteiger partial charge on any atom is -0.508 e. The van der Waals surface area contributed by atoms with E-state index in [0.29, 0.717) is 11.1 Å². The van der Waals surface area contributed by atoms with Crippen molar-refractivity contribution in [2.24, 2.45) is 0 Å². The zero-order chi connectivity index (χ0) is 28.5. The Labute approximate surface area is 221 Å². The van der Waals surface area contributed by atoms with Gasteiger partial charge < -0.3 is 41.5 Å². The molecule has 0 aliphatic rings. The highest BCUT2D eigenvalue weighted by Crippen LogP contribution is 2.23. The topological polar surface area (TPSA) is 169 Å². The normalized spacial score (nSPS) is 9.89. The summed E-state index contributed by atoms with van der Waals surface area (Å²) in [5.41, 5.74) is 3.25. The molecule has 8 nitrogen and oxygen atoms in total. The molecule has 0 atom stereocenters. The smallest absolute Gasteiger partial charge is 0.119 e. The minimum atomic E-state index is 0.0235. The summed E-state index contributed by atoms with van der Waals surface area (Å²) < 4.78 is 0. The Kier molecular flexibility index (Phi) is 13.0. The lowest BCUT2D eigenvalue weighted by atomic mass is 10.1. The van der Waals surface area contributed by atoms with Crippen LogP contribution in [0.2, 0.25) is 0 Å². The molecule has 38 heavy (non-hydrogen) atoms. The van der Waals surface area contributed by atoms with Crippen molar-refractivity contribution >= 4 is 37.7 Å². The first-order valence-electron chi connectivity index (χ1n) is 11.0. The van der Waals surface area contributed by atoms with E-state index in [2.05, 4.69) is 13.4 Å². The summed E-state index contributed by atoms with van der Waals surface area (Å²) in [5.74, 6) is 0.533. The van der Waals surface area contributed by atoms with Crippen LogP contribution in [0.1, 0.15) is 22.3 Å². The van der Waals surface area contributed by atoms with E-state index in [1.54, 1.807) is 84.9 Å². The maximum absolute atomic E-state index is 9.30. The van der Waals surface area contributed by atoms with Crippen molar-refractivity contribution in [3.63, 3.8) is 0 Å². The number of phenolic OH excluding ortho intramolecular Hbond substituents is 6. The zero-order valence-electron chi connectivity index (χ0n) is 20.5. The van der Waals surface area contributed by atoms with E-state index in [0.717, 1.165) is 11.1 Å². The fourth-order valence-corrected chi connectivity index (χ4v) is 2.98. The first-order valence-corrected chi connectivity index (χ1v) is 11.0. The van der Waals surface area contributed by atoms with Gasteiger partial charge in [0.15, 0.2) is 0 Å². The van der Waals surface area contributed by atoms with Crippen molar-refractivity contribution in [1.82, 2.24) is 0 Å². The van der Waals surface area contributed by atoms with E-state index < -0.39 is 0 Å². The fraction of sp³-hybridized carbons (Fsp3) is 0. The lowest BCUT2D eigenvalue weighted by Gasteiger charge is -1.98. The number of aromatic hydroxyl groups is 6. The molecule has 0 amide bonds. The molecule has 196 valence electrons. The zero-order valence-corrected chi connectivity index (χ0v) is 20.5. The monoisotopic (exact) mass is 514 g/mol. The predicted octanol–water partition coefficient (Wildman–Crippen LogP) is 6.48. The standard InChI is InChI=1S/2C14H12O3.2CH3N/c2*15-12-5-3-10(4-6-12)1-2-11-7-13(16)9-14(17)8-11;2*1-2/h2*1-9,15-17H;2*2H,1H2. The first kappa shape index (κ1) is 30.5. The van der Waals surface area contributed by atoms with Gasteiger partial charge in [0.05, 0.1) is 0 Å². The number of hydrogen-bond acceptors (Lipinski definition) is 8. The molecule has 4 aromatic rings. The number of rotatable bonds is 4. The molecule has 0 unspecified atom stereocenters. The van der Waals surface area contributed by atoms with Crippen molar-refractivity contribution in [2.45, 2.75) is 0 Å². The number of benzene rings is 4. The lowest BCUT2D eigenvalue weighted by molar-refractivity contribution is 0.449. The van der Waals surface area contributed by atoms with Crippen molar-refractivity contribution in [3.8, 4) is 34.5 Å². The lowest BCUT2D eigenvalue weighted by Crippen LogP contribution is -1.74. The van der Waals surface area contributed by atoms with Crippen molar-refractivity contribution in [3.05, 3.63) is 107 Å². The summed E-state index contributed by atoms with van der Waals surface area (Å²) in [4.78, 5) is 0. The van der Waals surface area contributed by atoms with Crippen molar-refractivity contribution in [1.29, 1.82) is 10.8 Å². The fourth-order valence-electron chi connectivity index (χ4n) is 2.98. The molecule has 4 aromatic carbocycles. The number of phenols is 6. The third kappa shape index (κ3) is 11.3. The van der Waals surface area contributed by atoms with Gasteiger partial charge in [-0.15, -0.1) is 0 Å². The molecule has 0 aliphatic heterocycles. The molecule has 0 saturated carbocycles. The first-order chi connectivity index (χ1) is 18.3. The Morgan fingerprint density at radius 2 is 0.579 bits per heavy atom. The second kappa shape index (κ2) is 16.2. The Morgan fingerprint density at radius 1 is 0.342 bits per heavy atom. The van der Waals surface area contributed by atoms with E-state index in [1.807, 2.05) is 12.2 Å². The molecule has 0 aromatic heterocycles. The number of hydrogen-bond donors (Lipinski definition) is 8. The summed E-state index contributed by atoms with van der Waals surface area (Å²) in [6, 6.07) is 22.2. The van der Waals surface area contributed by atoms with Crippen molar-refractivity contribution < 1.29 is 30.6 Å². The molecular formula is C30H30N2O6. The summed E-state index contributed by atoms with van der Waals surface area (Å²) in [6.45, 7) is 5.00. The molecule has 0 heterocycles. The highest BCUT2D eigenvalue weighted by atomic mass is 16.3. The van der Waals surface area contributed by atoms with E-state index in [4.69, 9.17) is 21.0 Å². The van der Waals surface area contributed by atoms with Crippen LogP contribution in [0.25, 0.3) is 24.3 Å². The molecule has 8 heteroatoms. The van der Waals surface area contributed by atoms with Crippen molar-refractivity contribution in [2.75, 3.05) is 0 Å². The van der Waals surface area contributed by atoms with Gasteiger partial charge in [-0.25, -0.2) is 0 Å². The predicted molar refractivity (Wildman–Crippen MR) is 153 cm³/mol. The molecule has 0 spiro atoms. The largest absolute Gasteiger partial charge is 0.508 e. The molecule has 0 aliphatic carbocycles. The van der Waals surface area contributed by atoms with Crippen LogP contribution in [0.15, 0.2) is 84.9 Å². The molecule has 0 saturated heterocycles. The third-order valence-corrected chi connectivity index (χ3v) is 4.57. The Morgan fingerprint density at radius 3 is 0.842 bits per heavy atom. The van der Waals surface area contributed by atoms with E-state index in [-0.39, 0.29) is 34.5 Å². The van der Waals surface area contributed by atoms with Gasteiger partial charge >= 0.3 is 0 Å². The van der Waals surface area contributed by atoms with Crippen LogP contribution in [0.5, 0.6) is 34.5 Å². The third-order valence-electron chi connectivity index (χ3n) is 4.57. The summed E-state index contributed by atoms with van der Waals surface area (Å²) in [5, 5.41) is 66.5. The summed E-state index contributed by atoms with van der Waals surface area (Å²) in [7, 11) is 0. The summed E-state index contributed by atoms with van der Waals surface area (Å²) >= 11 is 0. The average Bonchev–Trinajstić information content (AvgIpc) is 2.90. The van der Waals surface area contributed by atoms with Gasteiger partial charge in [0.25, 0.3) is 0 Å². The van der Waals surface area contributed by atoms with Crippen LogP contribution < -0.4 is 0 Å². The molecule has 4 rings (SSSR count).